The largest absolute Gasteiger partial charge is 0.493 e. The molecule has 1 fully saturated rings. The van der Waals surface area contributed by atoms with Crippen molar-refractivity contribution in [3.8, 4) is 11.5 Å². The maximum Gasteiger partial charge on any atom is 0.310 e. The van der Waals surface area contributed by atoms with E-state index in [1.165, 1.54) is 0 Å². The van der Waals surface area contributed by atoms with Gasteiger partial charge in [-0.25, -0.2) is 0 Å². The van der Waals surface area contributed by atoms with E-state index in [1.54, 1.807) is 26.4 Å². The lowest BCUT2D eigenvalue weighted by Gasteiger charge is -2.21. The van der Waals surface area contributed by atoms with Crippen LogP contribution in [-0.4, -0.2) is 50.0 Å². The highest BCUT2D eigenvalue weighted by molar-refractivity contribution is 5.87. The van der Waals surface area contributed by atoms with Gasteiger partial charge in [0.2, 0.25) is 5.91 Å². The lowest BCUT2D eigenvalue weighted by Crippen LogP contribution is -2.43. The van der Waals surface area contributed by atoms with Crippen LogP contribution in [0.2, 0.25) is 0 Å². The molecule has 2 aliphatic rings. The molecule has 0 spiro atoms. The number of hydrogen-bond acceptors (Lipinski definition) is 5. The van der Waals surface area contributed by atoms with Crippen molar-refractivity contribution >= 4 is 11.9 Å². The summed E-state index contributed by atoms with van der Waals surface area (Å²) >= 11 is 0. The van der Waals surface area contributed by atoms with Gasteiger partial charge in [-0.05, 0) is 24.1 Å². The van der Waals surface area contributed by atoms with Crippen LogP contribution in [-0.2, 0) is 20.7 Å². The van der Waals surface area contributed by atoms with Crippen LogP contribution in [0.25, 0.3) is 0 Å². The van der Waals surface area contributed by atoms with Gasteiger partial charge in [0.05, 0.1) is 32.3 Å². The molecule has 7 heteroatoms. The summed E-state index contributed by atoms with van der Waals surface area (Å²) in [6, 6.07) is 5.57. The van der Waals surface area contributed by atoms with Gasteiger partial charge in [0.25, 0.3) is 0 Å². The molecular formula is C18H21NO6. The van der Waals surface area contributed by atoms with Gasteiger partial charge < -0.3 is 24.6 Å². The zero-order chi connectivity index (χ0) is 18.0. The SMILES string of the molecule is COc1ccc(CCNC(=O)[C@H]2[C@@H](C(=O)O)[C@H]3C=C[C@H]2O3)cc1OC. The topological polar surface area (TPSA) is 94.1 Å². The number of fused-ring (bicyclic) bond motifs is 2. The molecule has 1 saturated heterocycles. The molecule has 0 aromatic heterocycles. The van der Waals surface area contributed by atoms with E-state index in [4.69, 9.17) is 14.2 Å². The number of methoxy groups -OCH3 is 2. The molecule has 2 heterocycles. The van der Waals surface area contributed by atoms with Gasteiger partial charge in [-0.2, -0.15) is 0 Å². The van der Waals surface area contributed by atoms with E-state index in [2.05, 4.69) is 5.32 Å². The maximum absolute atomic E-state index is 12.4. The molecule has 2 aliphatic heterocycles. The first-order valence-electron chi connectivity index (χ1n) is 8.10. The van der Waals surface area contributed by atoms with Crippen LogP contribution >= 0.6 is 0 Å². The quantitative estimate of drug-likeness (QED) is 0.715. The van der Waals surface area contributed by atoms with Crippen molar-refractivity contribution in [2.45, 2.75) is 18.6 Å². The van der Waals surface area contributed by atoms with Gasteiger partial charge in [-0.15, -0.1) is 0 Å². The number of amides is 1. The monoisotopic (exact) mass is 347 g/mol. The Bertz CT molecular complexity index is 701. The van der Waals surface area contributed by atoms with Crippen LogP contribution in [0.4, 0.5) is 0 Å². The molecule has 0 radical (unpaired) electrons. The second-order valence-corrected chi connectivity index (χ2v) is 6.07. The number of aliphatic carboxylic acids is 1. The Kier molecular flexibility index (Phi) is 4.94. The standard InChI is InChI=1S/C18H21NO6/c1-23-11-4-3-10(9-14(11)24-2)7-8-19-17(20)15-12-5-6-13(25-12)16(15)18(21)22/h3-6,9,12-13,15-16H,7-8H2,1-2H3,(H,19,20)(H,21,22)/t12-,13-,15-,16+/m1/s1. The van der Waals surface area contributed by atoms with E-state index < -0.39 is 30.0 Å². The zero-order valence-electron chi connectivity index (χ0n) is 14.1. The van der Waals surface area contributed by atoms with Crippen LogP contribution < -0.4 is 14.8 Å². The highest BCUT2D eigenvalue weighted by Gasteiger charge is 2.53. The Morgan fingerprint density at radius 3 is 2.44 bits per heavy atom. The summed E-state index contributed by atoms with van der Waals surface area (Å²) in [5.74, 6) is -1.52. The van der Waals surface area contributed by atoms with Crippen molar-refractivity contribution < 1.29 is 28.9 Å². The fourth-order valence-electron chi connectivity index (χ4n) is 3.40. The first-order valence-corrected chi connectivity index (χ1v) is 8.10. The third-order valence-corrected chi connectivity index (χ3v) is 4.65. The molecule has 7 nitrogen and oxygen atoms in total. The highest BCUT2D eigenvalue weighted by Crippen LogP contribution is 2.39. The fourth-order valence-corrected chi connectivity index (χ4v) is 3.40. The van der Waals surface area contributed by atoms with Crippen molar-refractivity contribution in [3.05, 3.63) is 35.9 Å². The van der Waals surface area contributed by atoms with Crippen molar-refractivity contribution in [3.63, 3.8) is 0 Å². The average molecular weight is 347 g/mol. The molecule has 3 rings (SSSR count). The van der Waals surface area contributed by atoms with Gasteiger partial charge in [0.1, 0.15) is 5.92 Å². The summed E-state index contributed by atoms with van der Waals surface area (Å²) in [5.41, 5.74) is 0.983. The average Bonchev–Trinajstić information content (AvgIpc) is 3.22. The summed E-state index contributed by atoms with van der Waals surface area (Å²) in [4.78, 5) is 23.8. The van der Waals surface area contributed by atoms with E-state index in [0.717, 1.165) is 5.56 Å². The van der Waals surface area contributed by atoms with Crippen LogP contribution in [0.5, 0.6) is 11.5 Å². The third-order valence-electron chi connectivity index (χ3n) is 4.65. The number of ether oxygens (including phenoxy) is 3. The second kappa shape index (κ2) is 7.14. The Labute approximate surface area is 145 Å². The van der Waals surface area contributed by atoms with Gasteiger partial charge in [-0.1, -0.05) is 18.2 Å². The summed E-state index contributed by atoms with van der Waals surface area (Å²) < 4.78 is 16.0. The van der Waals surface area contributed by atoms with Gasteiger partial charge >= 0.3 is 5.97 Å². The summed E-state index contributed by atoms with van der Waals surface area (Å²) in [7, 11) is 3.14. The van der Waals surface area contributed by atoms with E-state index in [-0.39, 0.29) is 5.91 Å². The number of nitrogens with one attached hydrogen (secondary N) is 1. The molecule has 1 aromatic carbocycles. The minimum atomic E-state index is -1.00. The number of carboxylic acids is 1. The van der Waals surface area contributed by atoms with E-state index in [9.17, 15) is 14.7 Å². The van der Waals surface area contributed by atoms with E-state index >= 15 is 0 Å². The minimum absolute atomic E-state index is 0.287. The summed E-state index contributed by atoms with van der Waals surface area (Å²) in [5, 5.41) is 12.2. The molecule has 0 unspecified atom stereocenters. The van der Waals surface area contributed by atoms with E-state index in [0.29, 0.717) is 24.5 Å². The second-order valence-electron chi connectivity index (χ2n) is 6.07. The molecule has 1 aromatic rings. The lowest BCUT2D eigenvalue weighted by molar-refractivity contribution is -0.146. The first kappa shape index (κ1) is 17.3. The van der Waals surface area contributed by atoms with Crippen LogP contribution in [0.3, 0.4) is 0 Å². The van der Waals surface area contributed by atoms with Crippen molar-refractivity contribution in [2.75, 3.05) is 20.8 Å². The van der Waals surface area contributed by atoms with Crippen molar-refractivity contribution in [2.24, 2.45) is 11.8 Å². The van der Waals surface area contributed by atoms with Gasteiger partial charge in [0.15, 0.2) is 11.5 Å². The normalized spacial score (nSPS) is 26.5. The number of carbonyl (C=O) groups is 2. The van der Waals surface area contributed by atoms with E-state index in [1.807, 2.05) is 18.2 Å². The van der Waals surface area contributed by atoms with Crippen LogP contribution in [0.1, 0.15) is 5.56 Å². The molecule has 2 N–H and O–H groups in total. The molecule has 0 aliphatic carbocycles. The molecule has 0 saturated carbocycles. The number of carboxylic acid groups (broad SMARTS) is 1. The zero-order valence-corrected chi connectivity index (χ0v) is 14.1. The predicted octanol–water partition coefficient (Wildman–Crippen LogP) is 1.02. The van der Waals surface area contributed by atoms with Crippen LogP contribution in [0.15, 0.2) is 30.4 Å². The number of carbonyl (C=O) groups excluding carboxylic acids is 1. The smallest absolute Gasteiger partial charge is 0.310 e. The highest BCUT2D eigenvalue weighted by atomic mass is 16.5. The minimum Gasteiger partial charge on any atom is -0.493 e. The molecule has 4 atom stereocenters. The third kappa shape index (κ3) is 3.32. The molecule has 25 heavy (non-hydrogen) atoms. The Morgan fingerprint density at radius 2 is 1.80 bits per heavy atom. The Balaban J connectivity index is 1.58. The lowest BCUT2D eigenvalue weighted by atomic mass is 9.82. The summed E-state index contributed by atoms with van der Waals surface area (Å²) in [6.07, 6.45) is 3.12. The fraction of sp³-hybridized carbons (Fsp3) is 0.444. The predicted molar refractivity (Wildman–Crippen MR) is 88.7 cm³/mol. The van der Waals surface area contributed by atoms with Crippen molar-refractivity contribution in [1.82, 2.24) is 5.32 Å². The first-order chi connectivity index (χ1) is 12.0. The molecule has 2 bridgehead atoms. The molecular weight excluding hydrogens is 326 g/mol. The van der Waals surface area contributed by atoms with Crippen LogP contribution in [0, 0.1) is 11.8 Å². The molecule has 1 amide bonds. The molecule has 134 valence electrons. The van der Waals surface area contributed by atoms with Crippen molar-refractivity contribution in [1.29, 1.82) is 0 Å². The Hall–Kier alpha value is -2.54. The van der Waals surface area contributed by atoms with Gasteiger partial charge in [0, 0.05) is 6.54 Å². The number of rotatable bonds is 7. The Morgan fingerprint density at radius 1 is 1.12 bits per heavy atom. The summed E-state index contributed by atoms with van der Waals surface area (Å²) in [6.45, 7) is 0.401. The maximum atomic E-state index is 12.4. The number of hydrogen-bond donors (Lipinski definition) is 2. The number of benzene rings is 1. The van der Waals surface area contributed by atoms with Gasteiger partial charge in [-0.3, -0.25) is 9.59 Å².